The fourth-order valence-electron chi connectivity index (χ4n) is 2.28. The molecule has 1 aromatic carbocycles. The first-order chi connectivity index (χ1) is 12.3. The van der Waals surface area contributed by atoms with Crippen LogP contribution in [-0.4, -0.2) is 43.9 Å². The van der Waals surface area contributed by atoms with E-state index >= 15 is 0 Å². The van der Waals surface area contributed by atoms with E-state index in [1.54, 1.807) is 25.4 Å². The van der Waals surface area contributed by atoms with Crippen molar-refractivity contribution in [3.63, 3.8) is 0 Å². The zero-order valence-corrected chi connectivity index (χ0v) is 13.9. The van der Waals surface area contributed by atoms with Gasteiger partial charge in [-0.2, -0.15) is 0 Å². The molecule has 1 amide bonds. The molecule has 3 rings (SSSR count). The Bertz CT molecular complexity index is 705. The minimum atomic E-state index is -0.667. The number of fused-ring (bicyclic) bond motifs is 1. The number of para-hydroxylation sites is 2. The lowest BCUT2D eigenvalue weighted by molar-refractivity contribution is -0.130. The van der Waals surface area contributed by atoms with Crippen molar-refractivity contribution in [2.45, 2.75) is 12.6 Å². The first kappa shape index (κ1) is 17.0. The van der Waals surface area contributed by atoms with Crippen molar-refractivity contribution in [2.75, 3.05) is 26.9 Å². The summed E-state index contributed by atoms with van der Waals surface area (Å²) in [6, 6.07) is 10.9. The Morgan fingerprint density at radius 1 is 1.24 bits per heavy atom. The minimum Gasteiger partial charge on any atom is -0.485 e. The molecule has 2 aromatic rings. The van der Waals surface area contributed by atoms with Crippen molar-refractivity contribution in [3.05, 3.63) is 48.2 Å². The van der Waals surface area contributed by atoms with Crippen LogP contribution < -0.4 is 19.5 Å². The van der Waals surface area contributed by atoms with Gasteiger partial charge in [0.1, 0.15) is 13.2 Å². The number of hydrogen-bond acceptors (Lipinski definition) is 6. The number of rotatable bonds is 7. The second-order valence-corrected chi connectivity index (χ2v) is 5.43. The lowest BCUT2D eigenvalue weighted by atomic mass is 10.2. The molecule has 2 heterocycles. The Kier molecular flexibility index (Phi) is 5.69. The first-order valence-electron chi connectivity index (χ1n) is 7.99. The van der Waals surface area contributed by atoms with E-state index in [1.165, 1.54) is 0 Å². The van der Waals surface area contributed by atoms with Gasteiger partial charge in [-0.05, 0) is 17.7 Å². The summed E-state index contributed by atoms with van der Waals surface area (Å²) in [6.45, 7) is 1.49. The number of pyridine rings is 1. The van der Waals surface area contributed by atoms with Gasteiger partial charge >= 0.3 is 0 Å². The number of benzene rings is 1. The Morgan fingerprint density at radius 2 is 2.08 bits per heavy atom. The smallest absolute Gasteiger partial charge is 0.264 e. The number of methoxy groups -OCH3 is 1. The van der Waals surface area contributed by atoms with Gasteiger partial charge in [-0.15, -0.1) is 0 Å². The summed E-state index contributed by atoms with van der Waals surface area (Å²) in [5.74, 6) is 1.52. The third-order valence-electron chi connectivity index (χ3n) is 3.60. The Morgan fingerprint density at radius 3 is 2.84 bits per heavy atom. The summed E-state index contributed by atoms with van der Waals surface area (Å²) in [6.07, 6.45) is 0.996. The van der Waals surface area contributed by atoms with Gasteiger partial charge in [0, 0.05) is 25.9 Å². The van der Waals surface area contributed by atoms with Crippen molar-refractivity contribution in [3.8, 4) is 17.4 Å². The van der Waals surface area contributed by atoms with E-state index in [9.17, 15) is 4.79 Å². The van der Waals surface area contributed by atoms with Crippen LogP contribution in [-0.2, 0) is 16.1 Å². The van der Waals surface area contributed by atoms with Crippen molar-refractivity contribution in [1.82, 2.24) is 10.3 Å². The molecule has 1 aromatic heterocycles. The maximum Gasteiger partial charge on any atom is 0.264 e. The third kappa shape index (κ3) is 4.60. The number of carbonyl (C=O) groups excluding carboxylic acids is 1. The summed E-state index contributed by atoms with van der Waals surface area (Å²) in [4.78, 5) is 16.4. The summed E-state index contributed by atoms with van der Waals surface area (Å²) in [7, 11) is 1.61. The van der Waals surface area contributed by atoms with Gasteiger partial charge in [0.05, 0.1) is 6.61 Å². The molecule has 132 valence electrons. The number of amides is 1. The zero-order chi connectivity index (χ0) is 17.5. The fourth-order valence-corrected chi connectivity index (χ4v) is 2.28. The molecule has 25 heavy (non-hydrogen) atoms. The van der Waals surface area contributed by atoms with Crippen molar-refractivity contribution in [1.29, 1.82) is 0 Å². The highest BCUT2D eigenvalue weighted by molar-refractivity contribution is 5.81. The van der Waals surface area contributed by atoms with Gasteiger partial charge in [0.2, 0.25) is 12.0 Å². The maximum absolute atomic E-state index is 12.2. The van der Waals surface area contributed by atoms with E-state index in [1.807, 2.05) is 24.3 Å². The van der Waals surface area contributed by atoms with Gasteiger partial charge in [0.15, 0.2) is 11.5 Å². The van der Waals surface area contributed by atoms with Gasteiger partial charge in [-0.25, -0.2) is 4.98 Å². The minimum absolute atomic E-state index is 0.188. The summed E-state index contributed by atoms with van der Waals surface area (Å²) in [5.41, 5.74) is 0.865. The van der Waals surface area contributed by atoms with E-state index in [-0.39, 0.29) is 12.5 Å². The van der Waals surface area contributed by atoms with Crippen molar-refractivity contribution >= 4 is 5.91 Å². The Labute approximate surface area is 145 Å². The quantitative estimate of drug-likeness (QED) is 0.768. The predicted molar refractivity (Wildman–Crippen MR) is 89.8 cm³/mol. The molecule has 0 saturated heterocycles. The maximum atomic E-state index is 12.2. The first-order valence-corrected chi connectivity index (χ1v) is 7.99. The summed E-state index contributed by atoms with van der Waals surface area (Å²) in [5, 5.41) is 2.83. The standard InChI is InChI=1S/C18H20N2O5/c1-22-8-9-23-17-7-6-13(10-19-17)11-20-18(21)16-12-24-14-4-2-3-5-15(14)25-16/h2-7,10,16H,8-9,11-12H2,1H3,(H,20,21). The zero-order valence-electron chi connectivity index (χ0n) is 13.9. The summed E-state index contributed by atoms with van der Waals surface area (Å²) < 4.78 is 21.5. The molecule has 0 fully saturated rings. The van der Waals surface area contributed by atoms with Crippen LogP contribution in [0.15, 0.2) is 42.6 Å². The lowest BCUT2D eigenvalue weighted by Crippen LogP contribution is -2.43. The molecule has 1 N–H and O–H groups in total. The van der Waals surface area contributed by atoms with Gasteiger partial charge in [-0.1, -0.05) is 18.2 Å². The van der Waals surface area contributed by atoms with E-state index in [0.717, 1.165) is 5.56 Å². The van der Waals surface area contributed by atoms with Crippen molar-refractivity contribution < 1.29 is 23.7 Å². The van der Waals surface area contributed by atoms with Crippen molar-refractivity contribution in [2.24, 2.45) is 0 Å². The van der Waals surface area contributed by atoms with Gasteiger partial charge < -0.3 is 24.3 Å². The Hall–Kier alpha value is -2.80. The summed E-state index contributed by atoms with van der Waals surface area (Å²) >= 11 is 0. The number of aromatic nitrogens is 1. The second kappa shape index (κ2) is 8.34. The van der Waals surface area contributed by atoms with Gasteiger partial charge in [0.25, 0.3) is 5.91 Å². The molecule has 1 unspecified atom stereocenters. The second-order valence-electron chi connectivity index (χ2n) is 5.43. The number of ether oxygens (including phenoxy) is 4. The van der Waals surface area contributed by atoms with E-state index in [0.29, 0.717) is 37.1 Å². The molecule has 0 saturated carbocycles. The highest BCUT2D eigenvalue weighted by Gasteiger charge is 2.26. The number of nitrogens with zero attached hydrogens (tertiary/aromatic N) is 1. The van der Waals surface area contributed by atoms with Crippen LogP contribution in [0.4, 0.5) is 0 Å². The van der Waals surface area contributed by atoms with Crippen LogP contribution in [0.5, 0.6) is 17.4 Å². The Balaban J connectivity index is 1.48. The molecular formula is C18H20N2O5. The van der Waals surface area contributed by atoms with E-state index in [2.05, 4.69) is 10.3 Å². The van der Waals surface area contributed by atoms with Crippen LogP contribution >= 0.6 is 0 Å². The SMILES string of the molecule is COCCOc1ccc(CNC(=O)C2COc3ccccc3O2)cn1. The molecule has 0 radical (unpaired) electrons. The van der Waals surface area contributed by atoms with E-state index < -0.39 is 6.10 Å². The molecule has 0 aliphatic carbocycles. The highest BCUT2D eigenvalue weighted by atomic mass is 16.6. The van der Waals surface area contributed by atoms with Gasteiger partial charge in [-0.3, -0.25) is 4.79 Å². The highest BCUT2D eigenvalue weighted by Crippen LogP contribution is 2.30. The fraction of sp³-hybridized carbons (Fsp3) is 0.333. The van der Waals surface area contributed by atoms with Crippen LogP contribution in [0, 0.1) is 0 Å². The van der Waals surface area contributed by atoms with Crippen LogP contribution in [0.3, 0.4) is 0 Å². The molecular weight excluding hydrogens is 324 g/mol. The average Bonchev–Trinajstić information content (AvgIpc) is 2.67. The predicted octanol–water partition coefficient (Wildman–Crippen LogP) is 1.56. The third-order valence-corrected chi connectivity index (χ3v) is 3.60. The van der Waals surface area contributed by atoms with E-state index in [4.69, 9.17) is 18.9 Å². The number of hydrogen-bond donors (Lipinski definition) is 1. The molecule has 0 spiro atoms. The monoisotopic (exact) mass is 344 g/mol. The lowest BCUT2D eigenvalue weighted by Gasteiger charge is -2.25. The molecule has 1 aliphatic heterocycles. The molecule has 7 nitrogen and oxygen atoms in total. The molecule has 0 bridgehead atoms. The van der Waals surface area contributed by atoms with Crippen LogP contribution in [0.1, 0.15) is 5.56 Å². The molecule has 7 heteroatoms. The largest absolute Gasteiger partial charge is 0.485 e. The molecule has 1 aliphatic rings. The topological polar surface area (TPSA) is 78.9 Å². The van der Waals surface area contributed by atoms with Crippen LogP contribution in [0.2, 0.25) is 0 Å². The molecule has 1 atom stereocenters. The number of carbonyl (C=O) groups is 1. The van der Waals surface area contributed by atoms with Crippen LogP contribution in [0.25, 0.3) is 0 Å². The number of nitrogens with one attached hydrogen (secondary N) is 1. The normalized spacial score (nSPS) is 15.5. The average molecular weight is 344 g/mol.